The van der Waals surface area contributed by atoms with Gasteiger partial charge in [-0.2, -0.15) is 0 Å². The van der Waals surface area contributed by atoms with Gasteiger partial charge in [-0.25, -0.2) is 4.98 Å². The molecule has 1 aliphatic carbocycles. The predicted molar refractivity (Wildman–Crippen MR) is 72.5 cm³/mol. The Hall–Kier alpha value is -1.66. The van der Waals surface area contributed by atoms with Gasteiger partial charge in [0, 0.05) is 19.8 Å². The number of pyridine rings is 1. The van der Waals surface area contributed by atoms with Crippen molar-refractivity contribution in [1.29, 1.82) is 0 Å². The molecule has 1 aromatic heterocycles. The van der Waals surface area contributed by atoms with Crippen molar-refractivity contribution in [2.24, 2.45) is 11.8 Å². The number of nitrogens with zero attached hydrogens (tertiary/aromatic N) is 1. The first-order valence-corrected chi connectivity index (χ1v) is 6.58. The molecule has 19 heavy (non-hydrogen) atoms. The Bertz CT molecular complexity index is 404. The van der Waals surface area contributed by atoms with Crippen molar-refractivity contribution in [2.45, 2.75) is 19.3 Å². The molecule has 1 aliphatic rings. The molecule has 1 amide bonds. The third kappa shape index (κ3) is 4.84. The van der Waals surface area contributed by atoms with E-state index in [1.807, 2.05) is 0 Å². The number of rotatable bonds is 8. The van der Waals surface area contributed by atoms with E-state index >= 15 is 0 Å². The van der Waals surface area contributed by atoms with Gasteiger partial charge in [-0.1, -0.05) is 0 Å². The van der Waals surface area contributed by atoms with Crippen LogP contribution in [0.2, 0.25) is 0 Å². The molecular formula is C13H20N4O2. The molecule has 0 unspecified atom stereocenters. The summed E-state index contributed by atoms with van der Waals surface area (Å²) >= 11 is 0. The van der Waals surface area contributed by atoms with Crippen molar-refractivity contribution in [1.82, 2.24) is 10.3 Å². The topological polar surface area (TPSA) is 89.3 Å². The molecule has 0 aliphatic heterocycles. The predicted octanol–water partition coefficient (Wildman–Crippen LogP) is 0.914. The highest BCUT2D eigenvalue weighted by Crippen LogP contribution is 2.28. The molecule has 1 heterocycles. The van der Waals surface area contributed by atoms with Gasteiger partial charge < -0.3 is 15.5 Å². The molecule has 0 spiro atoms. The number of nitrogen functional groups attached to an aromatic ring is 1. The number of nitrogens with one attached hydrogen (secondary N) is 2. The fraction of sp³-hybridized carbons (Fsp3) is 0.538. The lowest BCUT2D eigenvalue weighted by molar-refractivity contribution is 0.0932. The summed E-state index contributed by atoms with van der Waals surface area (Å²) in [7, 11) is 0. The Kier molecular flexibility index (Phi) is 5.11. The number of hydrazine groups is 1. The normalized spacial score (nSPS) is 14.2. The number of hydrogen-bond acceptors (Lipinski definition) is 5. The van der Waals surface area contributed by atoms with E-state index in [2.05, 4.69) is 15.7 Å². The quantitative estimate of drug-likeness (QED) is 0.369. The van der Waals surface area contributed by atoms with Gasteiger partial charge in [0.05, 0.1) is 11.9 Å². The number of nitrogens with two attached hydrogens (primary N) is 1. The second-order valence-electron chi connectivity index (χ2n) is 4.70. The minimum atomic E-state index is -0.175. The van der Waals surface area contributed by atoms with E-state index in [0.717, 1.165) is 18.9 Å². The van der Waals surface area contributed by atoms with Crippen LogP contribution in [0.4, 0.5) is 5.69 Å². The van der Waals surface area contributed by atoms with Crippen molar-refractivity contribution >= 4 is 11.6 Å². The van der Waals surface area contributed by atoms with Gasteiger partial charge in [0.25, 0.3) is 5.91 Å². The second kappa shape index (κ2) is 7.06. The maximum Gasteiger partial charge on any atom is 0.269 e. The van der Waals surface area contributed by atoms with Gasteiger partial charge in [-0.3, -0.25) is 10.6 Å². The lowest BCUT2D eigenvalue weighted by Gasteiger charge is -2.06. The summed E-state index contributed by atoms with van der Waals surface area (Å²) in [5.74, 6) is 5.83. The van der Waals surface area contributed by atoms with Crippen LogP contribution in [-0.2, 0) is 4.74 Å². The van der Waals surface area contributed by atoms with E-state index in [9.17, 15) is 4.79 Å². The first kappa shape index (κ1) is 13.8. The molecule has 4 N–H and O–H groups in total. The van der Waals surface area contributed by atoms with E-state index in [1.165, 1.54) is 19.0 Å². The van der Waals surface area contributed by atoms with Crippen molar-refractivity contribution < 1.29 is 9.53 Å². The monoisotopic (exact) mass is 264 g/mol. The first-order valence-electron chi connectivity index (χ1n) is 6.58. The highest BCUT2D eigenvalue weighted by atomic mass is 16.5. The lowest BCUT2D eigenvalue weighted by atomic mass is 10.3. The standard InChI is InChI=1S/C13H20N4O2/c14-17-11-4-5-12(16-8-11)13(18)15-6-1-7-19-9-10-2-3-10/h4-5,8,10,17H,1-3,6-7,9,14H2,(H,15,18). The van der Waals surface area contributed by atoms with Gasteiger partial charge >= 0.3 is 0 Å². The number of anilines is 1. The number of carbonyl (C=O) groups excluding carboxylic acids is 1. The summed E-state index contributed by atoms with van der Waals surface area (Å²) in [4.78, 5) is 15.7. The fourth-order valence-electron chi connectivity index (χ4n) is 1.61. The Morgan fingerprint density at radius 3 is 2.95 bits per heavy atom. The molecule has 0 radical (unpaired) electrons. The number of ether oxygens (including phenoxy) is 1. The number of amides is 1. The average molecular weight is 264 g/mol. The zero-order chi connectivity index (χ0) is 13.5. The van der Waals surface area contributed by atoms with Crippen LogP contribution in [0.5, 0.6) is 0 Å². The molecule has 0 bridgehead atoms. The van der Waals surface area contributed by atoms with E-state index in [4.69, 9.17) is 10.6 Å². The smallest absolute Gasteiger partial charge is 0.269 e. The third-order valence-electron chi connectivity index (χ3n) is 2.96. The van der Waals surface area contributed by atoms with E-state index in [-0.39, 0.29) is 5.91 Å². The maximum absolute atomic E-state index is 11.7. The number of aromatic nitrogens is 1. The van der Waals surface area contributed by atoms with Gasteiger partial charge in [0.1, 0.15) is 5.69 Å². The molecule has 0 atom stereocenters. The van der Waals surface area contributed by atoms with Gasteiger partial charge in [-0.15, -0.1) is 0 Å². The number of carbonyl (C=O) groups is 1. The van der Waals surface area contributed by atoms with Crippen LogP contribution < -0.4 is 16.6 Å². The highest BCUT2D eigenvalue weighted by Gasteiger charge is 2.20. The summed E-state index contributed by atoms with van der Waals surface area (Å²) in [6.45, 7) is 2.16. The summed E-state index contributed by atoms with van der Waals surface area (Å²) < 4.78 is 5.49. The van der Waals surface area contributed by atoms with Crippen LogP contribution in [-0.4, -0.2) is 30.6 Å². The van der Waals surface area contributed by atoms with Crippen LogP contribution in [0.25, 0.3) is 0 Å². The van der Waals surface area contributed by atoms with E-state index in [1.54, 1.807) is 12.1 Å². The molecule has 6 heteroatoms. The lowest BCUT2D eigenvalue weighted by Crippen LogP contribution is -2.26. The summed E-state index contributed by atoms with van der Waals surface area (Å²) in [5.41, 5.74) is 3.52. The van der Waals surface area contributed by atoms with Gasteiger partial charge in [0.15, 0.2) is 0 Å². The molecule has 1 saturated carbocycles. The van der Waals surface area contributed by atoms with Gasteiger partial charge in [0.2, 0.25) is 0 Å². The summed E-state index contributed by atoms with van der Waals surface area (Å²) in [6, 6.07) is 3.34. The van der Waals surface area contributed by atoms with Crippen LogP contribution in [0, 0.1) is 5.92 Å². The average Bonchev–Trinajstić information content (AvgIpc) is 3.26. The molecule has 1 aromatic rings. The van der Waals surface area contributed by atoms with Crippen LogP contribution in [0.1, 0.15) is 29.8 Å². The van der Waals surface area contributed by atoms with Crippen LogP contribution in [0.3, 0.4) is 0 Å². The zero-order valence-electron chi connectivity index (χ0n) is 10.9. The van der Waals surface area contributed by atoms with E-state index in [0.29, 0.717) is 24.5 Å². The summed E-state index contributed by atoms with van der Waals surface area (Å²) in [6.07, 6.45) is 4.95. The zero-order valence-corrected chi connectivity index (χ0v) is 10.9. The summed E-state index contributed by atoms with van der Waals surface area (Å²) in [5, 5.41) is 2.81. The molecule has 2 rings (SSSR count). The van der Waals surface area contributed by atoms with Crippen molar-refractivity contribution in [3.05, 3.63) is 24.0 Å². The van der Waals surface area contributed by atoms with Crippen LogP contribution >= 0.6 is 0 Å². The van der Waals surface area contributed by atoms with Crippen molar-refractivity contribution in [3.8, 4) is 0 Å². The second-order valence-corrected chi connectivity index (χ2v) is 4.70. The van der Waals surface area contributed by atoms with E-state index < -0.39 is 0 Å². The van der Waals surface area contributed by atoms with Crippen molar-refractivity contribution in [2.75, 3.05) is 25.2 Å². The first-order chi connectivity index (χ1) is 9.29. The Balaban J connectivity index is 1.59. The van der Waals surface area contributed by atoms with Crippen molar-refractivity contribution in [3.63, 3.8) is 0 Å². The fourth-order valence-corrected chi connectivity index (χ4v) is 1.61. The largest absolute Gasteiger partial charge is 0.381 e. The minimum absolute atomic E-state index is 0.175. The SMILES string of the molecule is NNc1ccc(C(=O)NCCCOCC2CC2)nc1. The molecule has 0 aromatic carbocycles. The Labute approximate surface area is 112 Å². The number of hydrogen-bond donors (Lipinski definition) is 3. The maximum atomic E-state index is 11.7. The Morgan fingerprint density at radius 1 is 1.47 bits per heavy atom. The Morgan fingerprint density at radius 2 is 2.32 bits per heavy atom. The van der Waals surface area contributed by atoms with Crippen LogP contribution in [0.15, 0.2) is 18.3 Å². The minimum Gasteiger partial charge on any atom is -0.381 e. The third-order valence-corrected chi connectivity index (χ3v) is 2.96. The van der Waals surface area contributed by atoms with Gasteiger partial charge in [-0.05, 0) is 37.3 Å². The molecule has 0 saturated heterocycles. The molecule has 1 fully saturated rings. The highest BCUT2D eigenvalue weighted by molar-refractivity contribution is 5.92. The molecular weight excluding hydrogens is 244 g/mol. The molecule has 104 valence electrons. The molecule has 6 nitrogen and oxygen atoms in total.